The molecule has 0 radical (unpaired) electrons. The third kappa shape index (κ3) is 3.90. The zero-order chi connectivity index (χ0) is 18.6. The number of aromatic nitrogens is 4. The van der Waals surface area contributed by atoms with E-state index in [1.54, 1.807) is 6.07 Å². The molecule has 3 N–H and O–H groups in total. The molecule has 3 aromatic rings. The van der Waals surface area contributed by atoms with Crippen LogP contribution in [-0.4, -0.2) is 57.6 Å². The van der Waals surface area contributed by atoms with Crippen molar-refractivity contribution in [1.29, 1.82) is 0 Å². The molecule has 4 heterocycles. The summed E-state index contributed by atoms with van der Waals surface area (Å²) in [6, 6.07) is 7.85. The van der Waals surface area contributed by atoms with Crippen LogP contribution in [0.15, 0.2) is 36.8 Å². The number of piperazine rings is 1. The van der Waals surface area contributed by atoms with Gasteiger partial charge in [-0.05, 0) is 30.3 Å². The van der Waals surface area contributed by atoms with Crippen LogP contribution in [-0.2, 0) is 6.54 Å². The number of anilines is 3. The predicted molar refractivity (Wildman–Crippen MR) is 108 cm³/mol. The molecule has 0 amide bonds. The molecule has 0 atom stereocenters. The van der Waals surface area contributed by atoms with Crippen molar-refractivity contribution in [2.24, 2.45) is 0 Å². The molecule has 4 rings (SSSR count). The third-order valence-corrected chi connectivity index (χ3v) is 4.93. The summed E-state index contributed by atoms with van der Waals surface area (Å²) in [7, 11) is 0. The molecule has 0 aromatic carbocycles. The molecule has 140 valence electrons. The molecule has 0 bridgehead atoms. The van der Waals surface area contributed by atoms with Crippen molar-refractivity contribution < 1.29 is 0 Å². The highest BCUT2D eigenvalue weighted by atomic mass is 15.3. The molecule has 1 fully saturated rings. The first kappa shape index (κ1) is 17.4. The highest BCUT2D eigenvalue weighted by molar-refractivity contribution is 5.87. The first-order valence-electron chi connectivity index (χ1n) is 9.26. The first-order chi connectivity index (χ1) is 13.2. The summed E-state index contributed by atoms with van der Waals surface area (Å²) in [6.45, 7) is 8.21. The molecule has 0 spiro atoms. The fourth-order valence-corrected chi connectivity index (χ4v) is 3.29. The number of likely N-dealkylation sites (N-methyl/N-ethyl adjacent to an activating group) is 1. The Labute approximate surface area is 158 Å². The molecule has 8 heteroatoms. The predicted octanol–water partition coefficient (Wildman–Crippen LogP) is 1.76. The Bertz CT molecular complexity index is 903. The maximum atomic E-state index is 5.72. The highest BCUT2D eigenvalue weighted by Gasteiger charge is 2.16. The van der Waals surface area contributed by atoms with Gasteiger partial charge in [0.05, 0.1) is 5.39 Å². The Morgan fingerprint density at radius 1 is 1.04 bits per heavy atom. The number of fused-ring (bicyclic) bond motifs is 1. The standard InChI is InChI=1S/C19H24N8/c1-2-26-7-9-27(10-8-26)17-6-3-14(11-21-17)12-22-18-15-4-5-16(20)25-19(15)24-13-23-18/h3-6,11,13H,2,7-10,12H2,1H3,(H3,20,22,23,24,25). The number of rotatable bonds is 5. The van der Waals surface area contributed by atoms with Crippen molar-refractivity contribution >= 4 is 28.5 Å². The Morgan fingerprint density at radius 3 is 2.63 bits per heavy atom. The van der Waals surface area contributed by atoms with Gasteiger partial charge in [0.25, 0.3) is 0 Å². The van der Waals surface area contributed by atoms with E-state index >= 15 is 0 Å². The fraction of sp³-hybridized carbons (Fsp3) is 0.368. The minimum atomic E-state index is 0.451. The maximum absolute atomic E-state index is 5.72. The number of hydrogen-bond acceptors (Lipinski definition) is 8. The Kier molecular flexibility index (Phi) is 4.97. The second-order valence-corrected chi connectivity index (χ2v) is 6.63. The van der Waals surface area contributed by atoms with Crippen LogP contribution in [0.1, 0.15) is 12.5 Å². The molecule has 0 saturated carbocycles. The molecular formula is C19H24N8. The van der Waals surface area contributed by atoms with Gasteiger partial charge in [-0.1, -0.05) is 13.0 Å². The topological polar surface area (TPSA) is 96.1 Å². The summed E-state index contributed by atoms with van der Waals surface area (Å²) in [5.41, 5.74) is 7.41. The lowest BCUT2D eigenvalue weighted by molar-refractivity contribution is 0.270. The van der Waals surface area contributed by atoms with E-state index in [9.17, 15) is 0 Å². The van der Waals surface area contributed by atoms with Crippen molar-refractivity contribution in [1.82, 2.24) is 24.8 Å². The minimum Gasteiger partial charge on any atom is -0.384 e. The Morgan fingerprint density at radius 2 is 1.89 bits per heavy atom. The second-order valence-electron chi connectivity index (χ2n) is 6.63. The van der Waals surface area contributed by atoms with Gasteiger partial charge in [0.1, 0.15) is 23.8 Å². The average Bonchev–Trinajstić information content (AvgIpc) is 2.72. The van der Waals surface area contributed by atoms with Crippen LogP contribution in [0.25, 0.3) is 11.0 Å². The van der Waals surface area contributed by atoms with E-state index in [1.807, 2.05) is 12.3 Å². The van der Waals surface area contributed by atoms with Gasteiger partial charge in [-0.3, -0.25) is 0 Å². The number of hydrogen-bond donors (Lipinski definition) is 2. The number of nitrogens with two attached hydrogens (primary N) is 1. The molecule has 0 aliphatic carbocycles. The highest BCUT2D eigenvalue weighted by Crippen LogP contribution is 2.20. The van der Waals surface area contributed by atoms with Gasteiger partial charge in [-0.15, -0.1) is 0 Å². The lowest BCUT2D eigenvalue weighted by Crippen LogP contribution is -2.46. The van der Waals surface area contributed by atoms with Crippen LogP contribution in [0.5, 0.6) is 0 Å². The fourth-order valence-electron chi connectivity index (χ4n) is 3.29. The number of nitrogens with zero attached hydrogens (tertiary/aromatic N) is 6. The Hall–Kier alpha value is -3.00. The summed E-state index contributed by atoms with van der Waals surface area (Å²) < 4.78 is 0. The molecule has 1 aliphatic rings. The second kappa shape index (κ2) is 7.71. The van der Waals surface area contributed by atoms with Gasteiger partial charge < -0.3 is 20.9 Å². The van der Waals surface area contributed by atoms with Crippen molar-refractivity contribution in [2.45, 2.75) is 13.5 Å². The summed E-state index contributed by atoms with van der Waals surface area (Å²) in [5.74, 6) is 2.24. The maximum Gasteiger partial charge on any atom is 0.166 e. The molecule has 8 nitrogen and oxygen atoms in total. The van der Waals surface area contributed by atoms with Gasteiger partial charge in [0.2, 0.25) is 0 Å². The Balaban J connectivity index is 1.41. The molecule has 0 unspecified atom stereocenters. The van der Waals surface area contributed by atoms with Crippen molar-refractivity contribution in [3.63, 3.8) is 0 Å². The van der Waals surface area contributed by atoms with Gasteiger partial charge in [-0.25, -0.2) is 19.9 Å². The van der Waals surface area contributed by atoms with E-state index in [0.29, 0.717) is 18.0 Å². The average molecular weight is 364 g/mol. The summed E-state index contributed by atoms with van der Waals surface area (Å²) >= 11 is 0. The SMILES string of the molecule is CCN1CCN(c2ccc(CNc3ncnc4nc(N)ccc34)cn2)CC1. The molecular weight excluding hydrogens is 340 g/mol. The van der Waals surface area contributed by atoms with Crippen LogP contribution < -0.4 is 16.0 Å². The smallest absolute Gasteiger partial charge is 0.166 e. The lowest BCUT2D eigenvalue weighted by Gasteiger charge is -2.34. The summed E-state index contributed by atoms with van der Waals surface area (Å²) in [4.78, 5) is 22.2. The van der Waals surface area contributed by atoms with E-state index in [-0.39, 0.29) is 0 Å². The molecule has 27 heavy (non-hydrogen) atoms. The number of nitrogen functional groups attached to an aromatic ring is 1. The largest absolute Gasteiger partial charge is 0.384 e. The lowest BCUT2D eigenvalue weighted by atomic mass is 10.2. The van der Waals surface area contributed by atoms with E-state index in [1.165, 1.54) is 6.33 Å². The summed E-state index contributed by atoms with van der Waals surface area (Å²) in [6.07, 6.45) is 3.42. The van der Waals surface area contributed by atoms with Crippen molar-refractivity contribution in [3.8, 4) is 0 Å². The van der Waals surface area contributed by atoms with Gasteiger partial charge in [0, 0.05) is 38.9 Å². The summed E-state index contributed by atoms with van der Waals surface area (Å²) in [5, 5.41) is 4.20. The van der Waals surface area contributed by atoms with Gasteiger partial charge >= 0.3 is 0 Å². The van der Waals surface area contributed by atoms with Crippen molar-refractivity contribution in [2.75, 3.05) is 48.7 Å². The molecule has 1 saturated heterocycles. The zero-order valence-electron chi connectivity index (χ0n) is 15.5. The quantitative estimate of drug-likeness (QED) is 0.707. The van der Waals surface area contributed by atoms with Crippen LogP contribution in [0, 0.1) is 0 Å². The van der Waals surface area contributed by atoms with Crippen LogP contribution in [0.4, 0.5) is 17.5 Å². The number of nitrogens with one attached hydrogen (secondary N) is 1. The minimum absolute atomic E-state index is 0.451. The van der Waals surface area contributed by atoms with E-state index in [2.05, 4.69) is 54.1 Å². The number of pyridine rings is 2. The molecule has 1 aliphatic heterocycles. The van der Waals surface area contributed by atoms with Gasteiger partial charge in [-0.2, -0.15) is 0 Å². The third-order valence-electron chi connectivity index (χ3n) is 4.93. The zero-order valence-corrected chi connectivity index (χ0v) is 15.5. The van der Waals surface area contributed by atoms with Crippen LogP contribution in [0.3, 0.4) is 0 Å². The van der Waals surface area contributed by atoms with Crippen molar-refractivity contribution in [3.05, 3.63) is 42.4 Å². The van der Waals surface area contributed by atoms with E-state index in [4.69, 9.17) is 5.73 Å². The normalized spacial score (nSPS) is 15.2. The van der Waals surface area contributed by atoms with Crippen LogP contribution >= 0.6 is 0 Å². The molecule has 3 aromatic heterocycles. The van der Waals surface area contributed by atoms with Gasteiger partial charge in [0.15, 0.2) is 5.65 Å². The van der Waals surface area contributed by atoms with Crippen LogP contribution in [0.2, 0.25) is 0 Å². The monoisotopic (exact) mass is 364 g/mol. The first-order valence-corrected chi connectivity index (χ1v) is 9.26. The van der Waals surface area contributed by atoms with E-state index < -0.39 is 0 Å². The van der Waals surface area contributed by atoms with E-state index in [0.717, 1.165) is 55.3 Å².